The number of hydrogen-bond acceptors (Lipinski definition) is 3. The Balaban J connectivity index is 2.14. The average Bonchev–Trinajstić information content (AvgIpc) is 3.15. The highest BCUT2D eigenvalue weighted by Crippen LogP contribution is 2.43. The Bertz CT molecular complexity index is 1960. The van der Waals surface area contributed by atoms with Gasteiger partial charge in [0.1, 0.15) is 11.2 Å². The van der Waals surface area contributed by atoms with Gasteiger partial charge in [0.05, 0.1) is 6.61 Å². The minimum atomic E-state index is -1.78. The number of fused-ring (bicyclic) bond motifs is 3. The zero-order valence-corrected chi connectivity index (χ0v) is 32.8. The van der Waals surface area contributed by atoms with Gasteiger partial charge in [-0.3, -0.25) is 4.52 Å². The zero-order valence-electron chi connectivity index (χ0n) is 31.9. The molecule has 3 nitrogen and oxygen atoms in total. The number of allylic oxidation sites excluding steroid dienone is 2. The van der Waals surface area contributed by atoms with Gasteiger partial charge in [0.15, 0.2) is 0 Å². The molecule has 49 heavy (non-hydrogen) atoms. The van der Waals surface area contributed by atoms with E-state index in [1.54, 1.807) is 0 Å². The Morgan fingerprint density at radius 2 is 1.12 bits per heavy atom. The van der Waals surface area contributed by atoms with Crippen LogP contribution in [-0.4, -0.2) is 6.61 Å². The zero-order chi connectivity index (χ0) is 36.4. The van der Waals surface area contributed by atoms with E-state index >= 15 is 0 Å². The molecule has 3 rings (SSSR count). The topological polar surface area (TPSA) is 35.5 Å². The van der Waals surface area contributed by atoms with Crippen molar-refractivity contribution in [2.75, 3.05) is 6.61 Å². The molecule has 1 atom stereocenters. The molecule has 0 aliphatic rings. The van der Waals surface area contributed by atoms with E-state index < -0.39 is 8.24 Å². The fraction of sp³-hybridized carbons (Fsp3) is 0.467. The lowest BCUT2D eigenvalue weighted by molar-refractivity contribution is 0.342. The van der Waals surface area contributed by atoms with Crippen LogP contribution < -0.4 is 4.52 Å². The number of rotatable bonds is 7. The van der Waals surface area contributed by atoms with Crippen LogP contribution in [0, 0.1) is 77.0 Å². The summed E-state index contributed by atoms with van der Waals surface area (Å²) < 4.78 is 20.1. The van der Waals surface area contributed by atoms with Crippen molar-refractivity contribution in [3.05, 3.63) is 58.2 Å². The first kappa shape index (κ1) is 39.3. The molecule has 0 N–H and O–H groups in total. The molecule has 1 unspecified atom stereocenters. The molecule has 3 aromatic rings. The average molecular weight is 673 g/mol. The van der Waals surface area contributed by atoms with Crippen molar-refractivity contribution in [1.82, 2.24) is 0 Å². The Hall–Kier alpha value is -4.16. The van der Waals surface area contributed by atoms with Gasteiger partial charge in [0, 0.05) is 27.8 Å². The molecule has 0 aliphatic carbocycles. The Kier molecular flexibility index (Phi) is 14.0. The first-order valence-corrected chi connectivity index (χ1v) is 18.4. The third-order valence-corrected chi connectivity index (χ3v) is 8.73. The Labute approximate surface area is 297 Å². The van der Waals surface area contributed by atoms with Gasteiger partial charge in [-0.25, -0.2) is 0 Å². The molecule has 1 heterocycles. The maximum atomic E-state index is 6.81. The summed E-state index contributed by atoms with van der Waals surface area (Å²) in [6, 6.07) is 9.27. The van der Waals surface area contributed by atoms with Gasteiger partial charge in [-0.1, -0.05) is 99.3 Å². The van der Waals surface area contributed by atoms with Crippen molar-refractivity contribution in [3.8, 4) is 59.2 Å². The van der Waals surface area contributed by atoms with Gasteiger partial charge in [0.25, 0.3) is 0 Å². The third kappa shape index (κ3) is 12.0. The highest BCUT2D eigenvalue weighted by molar-refractivity contribution is 7.31. The highest BCUT2D eigenvalue weighted by Gasteiger charge is 2.26. The lowest BCUT2D eigenvalue weighted by Gasteiger charge is -2.22. The van der Waals surface area contributed by atoms with Crippen LogP contribution in [0.25, 0.3) is 21.9 Å². The van der Waals surface area contributed by atoms with Gasteiger partial charge >= 0.3 is 8.24 Å². The molecule has 256 valence electrons. The van der Waals surface area contributed by atoms with Gasteiger partial charge in [0.2, 0.25) is 0 Å². The van der Waals surface area contributed by atoms with Crippen molar-refractivity contribution in [2.24, 2.45) is 17.8 Å². The normalized spacial score (nSPS) is 12.1. The third-order valence-electron chi connectivity index (χ3n) is 7.70. The molecular weight excluding hydrogens is 619 g/mol. The smallest absolute Gasteiger partial charge is 0.387 e. The van der Waals surface area contributed by atoms with E-state index in [-0.39, 0.29) is 16.7 Å². The van der Waals surface area contributed by atoms with Crippen LogP contribution in [-0.2, 0) is 23.7 Å². The highest BCUT2D eigenvalue weighted by atomic mass is 31.1. The van der Waals surface area contributed by atoms with E-state index in [2.05, 4.69) is 153 Å². The second kappa shape index (κ2) is 17.5. The van der Waals surface area contributed by atoms with E-state index in [1.165, 1.54) is 11.1 Å². The fourth-order valence-corrected chi connectivity index (χ4v) is 6.43. The lowest BCUT2D eigenvalue weighted by atomic mass is 9.81. The lowest BCUT2D eigenvalue weighted by Crippen LogP contribution is -2.13. The van der Waals surface area contributed by atoms with Crippen molar-refractivity contribution in [3.63, 3.8) is 0 Å². The van der Waals surface area contributed by atoms with Crippen LogP contribution in [0.1, 0.15) is 112 Å². The van der Waals surface area contributed by atoms with Crippen molar-refractivity contribution < 1.29 is 12.9 Å². The largest absolute Gasteiger partial charge is 0.399 e. The summed E-state index contributed by atoms with van der Waals surface area (Å²) in [5, 5.41) is 2.16. The minimum absolute atomic E-state index is 0.102. The molecule has 0 radical (unpaired) electrons. The van der Waals surface area contributed by atoms with Crippen LogP contribution >= 0.6 is 8.24 Å². The van der Waals surface area contributed by atoms with Crippen LogP contribution in [0.15, 0.2) is 44.3 Å². The number of benzene rings is 2. The second-order valence-corrected chi connectivity index (χ2v) is 16.7. The standard InChI is InChI=1S/C45H53O3P/c1-14-34(6)23-21-19-17-15-16-18-20-22-24-35(7)31-46-49-47-42-38(27-36(25-32(2)3)29-40(42)44(8,9)10)39-28-37(26-33(4)5)30-41(43(39)48-49)45(11,12)13/h14,27-30,32-33,35H,25-26,31H2,1-13H3/b34-14+. The van der Waals surface area contributed by atoms with Crippen LogP contribution in [0.3, 0.4) is 0 Å². The van der Waals surface area contributed by atoms with E-state index in [0.29, 0.717) is 18.4 Å². The first-order valence-electron chi connectivity index (χ1n) is 17.3. The Morgan fingerprint density at radius 3 is 1.53 bits per heavy atom. The molecule has 0 saturated carbocycles. The molecule has 0 saturated heterocycles. The molecule has 0 fully saturated rings. The molecule has 4 heteroatoms. The van der Waals surface area contributed by atoms with Crippen LogP contribution in [0.2, 0.25) is 0 Å². The monoisotopic (exact) mass is 672 g/mol. The maximum Gasteiger partial charge on any atom is 0.387 e. The fourth-order valence-electron chi connectivity index (χ4n) is 5.25. The van der Waals surface area contributed by atoms with Crippen molar-refractivity contribution in [1.29, 1.82) is 0 Å². The summed E-state index contributed by atoms with van der Waals surface area (Å²) in [6.07, 6.45) is 3.90. The van der Waals surface area contributed by atoms with Gasteiger partial charge in [-0.2, -0.15) is 0 Å². The van der Waals surface area contributed by atoms with Gasteiger partial charge in [-0.15, -0.1) is 0 Å². The molecule has 2 aromatic carbocycles. The second-order valence-electron chi connectivity index (χ2n) is 15.6. The summed E-state index contributed by atoms with van der Waals surface area (Å²) in [5.41, 5.74) is 7.29. The molecule has 0 bridgehead atoms. The summed E-state index contributed by atoms with van der Waals surface area (Å²) >= 11 is 0. The Morgan fingerprint density at radius 1 is 0.694 bits per heavy atom. The maximum absolute atomic E-state index is 6.81. The van der Waals surface area contributed by atoms with Crippen molar-refractivity contribution >= 4 is 30.2 Å². The van der Waals surface area contributed by atoms with Crippen molar-refractivity contribution in [2.45, 2.75) is 114 Å². The van der Waals surface area contributed by atoms with E-state index in [9.17, 15) is 0 Å². The van der Waals surface area contributed by atoms with Gasteiger partial charge in [-0.05, 0) is 132 Å². The molecule has 0 aliphatic heterocycles. The summed E-state index contributed by atoms with van der Waals surface area (Å²) in [5.74, 6) is 28.9. The van der Waals surface area contributed by atoms with Crippen LogP contribution in [0.4, 0.5) is 0 Å². The van der Waals surface area contributed by atoms with E-state index in [0.717, 1.165) is 51.5 Å². The molecular formula is C45H53O3P. The van der Waals surface area contributed by atoms with E-state index in [4.69, 9.17) is 12.9 Å². The summed E-state index contributed by atoms with van der Waals surface area (Å²) in [7, 11) is -1.78. The predicted octanol–water partition coefficient (Wildman–Crippen LogP) is 11.3. The molecule has 1 aromatic heterocycles. The first-order chi connectivity index (χ1) is 23.0. The van der Waals surface area contributed by atoms with E-state index in [1.807, 2.05) is 26.8 Å². The number of hydrogen-bond donors (Lipinski definition) is 0. The summed E-state index contributed by atoms with van der Waals surface area (Å²) in [6.45, 7) is 28.7. The van der Waals surface area contributed by atoms with Crippen LogP contribution in [0.5, 0.6) is 0 Å². The minimum Gasteiger partial charge on any atom is -0.399 e. The van der Waals surface area contributed by atoms with Gasteiger partial charge < -0.3 is 8.39 Å². The summed E-state index contributed by atoms with van der Waals surface area (Å²) in [4.78, 5) is 0. The predicted molar refractivity (Wildman–Crippen MR) is 210 cm³/mol. The quantitative estimate of drug-likeness (QED) is 0.234. The molecule has 0 amide bonds. The molecule has 0 spiro atoms. The SMILES string of the molecule is C/C=C(\C)C#CC#CC#CC#CC#CC(C)COp1oc2c(C(C)(C)C)cc(CC(C)C)cc2c2cc(CC(C)C)cc(C(C)(C)C)c2o1.